The average Bonchev–Trinajstić information content (AvgIpc) is 2.74. The van der Waals surface area contributed by atoms with E-state index in [1.54, 1.807) is 0 Å². The van der Waals surface area contributed by atoms with Crippen LogP contribution in [-0.2, 0) is 0 Å². The van der Waals surface area contributed by atoms with Crippen molar-refractivity contribution in [2.24, 2.45) is 0 Å². The van der Waals surface area contributed by atoms with Crippen LogP contribution < -0.4 is 0 Å². The fourth-order valence-corrected chi connectivity index (χ4v) is 1.28. The lowest BCUT2D eigenvalue weighted by Gasteiger charge is -2.26. The molecule has 0 aromatic heterocycles. The van der Waals surface area contributed by atoms with Crippen molar-refractivity contribution in [3.05, 3.63) is 12.4 Å². The van der Waals surface area contributed by atoms with Crippen LogP contribution in [0, 0.1) is 0 Å². The van der Waals surface area contributed by atoms with Gasteiger partial charge < -0.3 is 50.0 Å². The maximum Gasteiger partial charge on any atom is 0.674 e. The molecule has 0 fully saturated rings. The van der Waals surface area contributed by atoms with Crippen molar-refractivity contribution < 1.29 is 57.5 Å². The van der Waals surface area contributed by atoms with Crippen LogP contribution >= 0.6 is 0 Å². The second-order valence-corrected chi connectivity index (χ2v) is 4.43. The highest BCUT2D eigenvalue weighted by molar-refractivity contribution is 6.32. The number of hydrogen-bond donors (Lipinski definition) is 8. The molecule has 10 nitrogen and oxygen atoms in total. The summed E-state index contributed by atoms with van der Waals surface area (Å²) in [6, 6.07) is 0. The van der Waals surface area contributed by atoms with E-state index in [1.807, 2.05) is 0 Å². The lowest BCUT2D eigenvalue weighted by molar-refractivity contribution is 0.193. The van der Waals surface area contributed by atoms with Crippen LogP contribution in [0.1, 0.15) is 26.7 Å². The van der Waals surface area contributed by atoms with E-state index in [4.69, 9.17) is 40.2 Å². The third-order valence-electron chi connectivity index (χ3n) is 2.33. The fourth-order valence-electron chi connectivity index (χ4n) is 1.28. The number of hydrogen-bond acceptors (Lipinski definition) is 10. The van der Waals surface area contributed by atoms with Gasteiger partial charge >= 0.3 is 29.6 Å². The Morgan fingerprint density at radius 2 is 1.07 bits per heavy atom. The number of nitrogens with zero attached hydrogens (tertiary/aromatic N) is 2. The van der Waals surface area contributed by atoms with E-state index in [0.717, 1.165) is 0 Å². The largest absolute Gasteiger partial charge is 0.674 e. The zero-order chi connectivity index (χ0) is 22.6. The number of halogens is 4. The molecule has 1 aliphatic heterocycles. The highest BCUT2D eigenvalue weighted by atomic mass is 19.1. The number of rotatable bonds is 3. The maximum absolute atomic E-state index is 10.1. The first kappa shape index (κ1) is 33.6. The van der Waals surface area contributed by atoms with Gasteiger partial charge in [-0.05, 0) is 13.3 Å². The summed E-state index contributed by atoms with van der Waals surface area (Å²) >= 11 is 0. The predicted octanol–water partition coefficient (Wildman–Crippen LogP) is -2.45. The molecular weight excluding hydrogens is 383 g/mol. The molecule has 0 amide bonds. The second-order valence-electron chi connectivity index (χ2n) is 4.43. The molecule has 1 unspecified atom stereocenters. The molecule has 160 valence electrons. The van der Waals surface area contributed by atoms with Gasteiger partial charge in [0.1, 0.15) is 0 Å². The quantitative estimate of drug-likeness (QED) is 0.185. The van der Waals surface area contributed by atoms with Crippen LogP contribution in [0.25, 0.3) is 0 Å². The van der Waals surface area contributed by atoms with Gasteiger partial charge in [-0.3, -0.25) is 17.3 Å². The van der Waals surface area contributed by atoms with E-state index < -0.39 is 29.6 Å². The normalized spacial score (nSPS) is 13.5. The molecule has 1 aliphatic rings. The van der Waals surface area contributed by atoms with E-state index in [9.17, 15) is 17.3 Å². The van der Waals surface area contributed by atoms with Crippen LogP contribution in [0.5, 0.6) is 0 Å². The SMILES string of the molecule is CCCCN1C=CN(C)C1C.OB(O)F.OB(O)F.OB(O)F.OB(O)F. The standard InChI is InChI=1S/C9H18N2.4BFH2O2/c1-4-5-6-11-8-7-10(3)9(11)2;4*2-1(3)4/h7-9H,4-6H2,1-3H3;4*3-4H. The lowest BCUT2D eigenvalue weighted by atomic mass is 10.3. The number of unbranched alkanes of at least 4 members (excludes halogenated alkanes) is 1. The Labute approximate surface area is 156 Å². The van der Waals surface area contributed by atoms with Gasteiger partial charge in [-0.25, -0.2) is 0 Å². The molecule has 27 heavy (non-hydrogen) atoms. The van der Waals surface area contributed by atoms with E-state index in [1.165, 1.54) is 19.4 Å². The van der Waals surface area contributed by atoms with Crippen LogP contribution in [0.15, 0.2) is 12.4 Å². The zero-order valence-corrected chi connectivity index (χ0v) is 15.1. The van der Waals surface area contributed by atoms with Gasteiger partial charge in [-0.2, -0.15) is 0 Å². The summed E-state index contributed by atoms with van der Waals surface area (Å²) in [6.45, 7) is 5.66. The van der Waals surface area contributed by atoms with Gasteiger partial charge in [-0.1, -0.05) is 13.3 Å². The molecule has 1 rings (SSSR count). The Kier molecular flexibility index (Phi) is 28.6. The van der Waals surface area contributed by atoms with Crippen molar-refractivity contribution in [3.8, 4) is 0 Å². The monoisotopic (exact) mass is 410 g/mol. The summed E-state index contributed by atoms with van der Waals surface area (Å²) in [7, 11) is -8.55. The van der Waals surface area contributed by atoms with Crippen LogP contribution in [0.2, 0.25) is 0 Å². The van der Waals surface area contributed by atoms with Crippen LogP contribution in [0.3, 0.4) is 0 Å². The summed E-state index contributed by atoms with van der Waals surface area (Å²) in [6.07, 6.45) is 7.45. The molecule has 0 radical (unpaired) electrons. The van der Waals surface area contributed by atoms with Gasteiger partial charge in [0, 0.05) is 26.0 Å². The van der Waals surface area contributed by atoms with Gasteiger partial charge in [0.15, 0.2) is 0 Å². The smallest absolute Gasteiger partial charge is 0.398 e. The summed E-state index contributed by atoms with van der Waals surface area (Å²) in [5.74, 6) is 0. The average molecular weight is 410 g/mol. The molecule has 18 heteroatoms. The first-order valence-electron chi connectivity index (χ1n) is 7.35. The van der Waals surface area contributed by atoms with Gasteiger partial charge in [-0.15, -0.1) is 0 Å². The summed E-state index contributed by atoms with van der Waals surface area (Å²) in [5.41, 5.74) is 0. The molecule has 1 atom stereocenters. The Morgan fingerprint density at radius 3 is 1.26 bits per heavy atom. The van der Waals surface area contributed by atoms with Crippen molar-refractivity contribution in [1.82, 2.24) is 9.80 Å². The van der Waals surface area contributed by atoms with Gasteiger partial charge in [0.2, 0.25) is 0 Å². The minimum absolute atomic E-state index is 0.557. The Hall–Kier alpha value is -1.00. The molecule has 0 saturated carbocycles. The van der Waals surface area contributed by atoms with Crippen LogP contribution in [-0.4, -0.2) is 99.3 Å². The molecule has 0 spiro atoms. The van der Waals surface area contributed by atoms with Crippen molar-refractivity contribution in [2.75, 3.05) is 13.6 Å². The highest BCUT2D eigenvalue weighted by Crippen LogP contribution is 2.13. The lowest BCUT2D eigenvalue weighted by Crippen LogP contribution is -2.33. The van der Waals surface area contributed by atoms with Gasteiger partial charge in [0.25, 0.3) is 0 Å². The second kappa shape index (κ2) is 23.0. The maximum atomic E-state index is 10.1. The molecular formula is C9H26B4F4N2O8. The first-order chi connectivity index (χ1) is 12.2. The van der Waals surface area contributed by atoms with Crippen molar-refractivity contribution >= 4 is 29.6 Å². The molecule has 0 bridgehead atoms. The van der Waals surface area contributed by atoms with Crippen molar-refractivity contribution in [1.29, 1.82) is 0 Å². The summed E-state index contributed by atoms with van der Waals surface area (Å²) in [4.78, 5) is 4.61. The highest BCUT2D eigenvalue weighted by Gasteiger charge is 2.16. The minimum atomic E-state index is -2.67. The Morgan fingerprint density at radius 1 is 0.778 bits per heavy atom. The first-order valence-corrected chi connectivity index (χ1v) is 7.35. The van der Waals surface area contributed by atoms with Crippen LogP contribution in [0.4, 0.5) is 17.3 Å². The van der Waals surface area contributed by atoms with E-state index in [-0.39, 0.29) is 0 Å². The Balaban J connectivity index is -0.000000139. The minimum Gasteiger partial charge on any atom is -0.398 e. The van der Waals surface area contributed by atoms with E-state index in [2.05, 4.69) is 43.1 Å². The molecule has 0 aliphatic carbocycles. The Bertz CT molecular complexity index is 293. The van der Waals surface area contributed by atoms with Gasteiger partial charge in [0.05, 0.1) is 6.17 Å². The summed E-state index contributed by atoms with van der Waals surface area (Å²) in [5, 5.41) is 55.6. The topological polar surface area (TPSA) is 168 Å². The van der Waals surface area contributed by atoms with E-state index in [0.29, 0.717) is 6.17 Å². The fraction of sp³-hybridized carbons (Fsp3) is 0.778. The van der Waals surface area contributed by atoms with Crippen molar-refractivity contribution in [2.45, 2.75) is 32.9 Å². The predicted molar refractivity (Wildman–Crippen MR) is 93.2 cm³/mol. The zero-order valence-electron chi connectivity index (χ0n) is 15.1. The summed E-state index contributed by atoms with van der Waals surface area (Å²) < 4.78 is 40.4. The molecule has 8 N–H and O–H groups in total. The van der Waals surface area contributed by atoms with Crippen molar-refractivity contribution in [3.63, 3.8) is 0 Å². The third-order valence-corrected chi connectivity index (χ3v) is 2.33. The molecule has 1 heterocycles. The molecule has 0 saturated heterocycles. The third kappa shape index (κ3) is 51.7. The van der Waals surface area contributed by atoms with E-state index >= 15 is 0 Å². The molecule has 0 aromatic carbocycles. The molecule has 0 aromatic rings.